The molecule has 0 saturated carbocycles. The van der Waals surface area contributed by atoms with E-state index in [1.807, 2.05) is 6.92 Å². The summed E-state index contributed by atoms with van der Waals surface area (Å²) in [7, 11) is 0. The molecule has 24 heavy (non-hydrogen) atoms. The molecule has 0 bridgehead atoms. The highest BCUT2D eigenvalue weighted by Crippen LogP contribution is 2.37. The number of hydrogen-bond acceptors (Lipinski definition) is 7. The normalized spacial score (nSPS) is 13.3. The van der Waals surface area contributed by atoms with Crippen molar-refractivity contribution >= 4 is 34.0 Å². The highest BCUT2D eigenvalue weighted by atomic mass is 32.2. The predicted molar refractivity (Wildman–Crippen MR) is 94.6 cm³/mol. The average molecular weight is 362 g/mol. The second kappa shape index (κ2) is 7.23. The third-order valence-corrected chi connectivity index (χ3v) is 6.07. The number of carbonyl (C=O) groups excluding carboxylic acids is 1. The van der Waals surface area contributed by atoms with Gasteiger partial charge in [0, 0.05) is 11.3 Å². The molecule has 1 aliphatic carbocycles. The first-order valence-corrected chi connectivity index (χ1v) is 9.60. The van der Waals surface area contributed by atoms with E-state index in [2.05, 4.69) is 21.6 Å². The second-order valence-electron chi connectivity index (χ2n) is 5.49. The molecule has 0 saturated heterocycles. The first kappa shape index (κ1) is 16.8. The number of thiophene rings is 1. The molecule has 9 heteroatoms. The number of fused-ring (bicyclic) bond motifs is 1. The van der Waals surface area contributed by atoms with Crippen LogP contribution in [0, 0.1) is 11.3 Å². The molecular weight excluding hydrogens is 344 g/mol. The van der Waals surface area contributed by atoms with Crippen LogP contribution < -0.4 is 11.2 Å². The third kappa shape index (κ3) is 3.25. The Labute approximate surface area is 148 Å². The molecule has 3 rings (SSSR count). The highest BCUT2D eigenvalue weighted by Gasteiger charge is 2.22. The van der Waals surface area contributed by atoms with E-state index < -0.39 is 0 Å². The van der Waals surface area contributed by atoms with E-state index in [-0.39, 0.29) is 11.7 Å². The summed E-state index contributed by atoms with van der Waals surface area (Å²) < 4.78 is 1.41. The number of nitrogens with zero attached hydrogens (tertiary/aromatic N) is 4. The van der Waals surface area contributed by atoms with Crippen LogP contribution in [-0.4, -0.2) is 26.5 Å². The van der Waals surface area contributed by atoms with Gasteiger partial charge in [-0.05, 0) is 31.2 Å². The van der Waals surface area contributed by atoms with Crippen molar-refractivity contribution in [1.82, 2.24) is 14.9 Å². The van der Waals surface area contributed by atoms with Gasteiger partial charge < -0.3 is 11.2 Å². The standard InChI is InChI=1S/C15H18N6OS2/c1-2-12-19-20-15(21(12)17)23-8-13(22)18-14-10(7-16)9-5-3-4-6-11(9)24-14/h2-6,8,17H2,1H3,(H,18,22). The van der Waals surface area contributed by atoms with Gasteiger partial charge in [0.2, 0.25) is 11.1 Å². The highest BCUT2D eigenvalue weighted by molar-refractivity contribution is 7.99. The molecule has 1 amide bonds. The molecule has 126 valence electrons. The maximum absolute atomic E-state index is 12.2. The molecule has 2 heterocycles. The number of thioether (sulfide) groups is 1. The lowest BCUT2D eigenvalue weighted by atomic mass is 9.96. The van der Waals surface area contributed by atoms with Gasteiger partial charge in [0.1, 0.15) is 11.1 Å². The Kier molecular flexibility index (Phi) is 5.06. The Morgan fingerprint density at radius 3 is 2.96 bits per heavy atom. The van der Waals surface area contributed by atoms with E-state index in [0.29, 0.717) is 28.0 Å². The van der Waals surface area contributed by atoms with Crippen molar-refractivity contribution in [3.63, 3.8) is 0 Å². The summed E-state index contributed by atoms with van der Waals surface area (Å²) in [5, 5.41) is 21.4. The molecular formula is C15H18N6OS2. The first-order valence-electron chi connectivity index (χ1n) is 7.80. The minimum atomic E-state index is -0.170. The van der Waals surface area contributed by atoms with Gasteiger partial charge >= 0.3 is 0 Å². The van der Waals surface area contributed by atoms with Gasteiger partial charge in [-0.15, -0.1) is 21.5 Å². The van der Waals surface area contributed by atoms with Crippen molar-refractivity contribution in [1.29, 1.82) is 5.26 Å². The zero-order valence-electron chi connectivity index (χ0n) is 13.3. The Morgan fingerprint density at radius 2 is 2.25 bits per heavy atom. The lowest BCUT2D eigenvalue weighted by Crippen LogP contribution is -2.17. The number of aromatic nitrogens is 3. The molecule has 0 atom stereocenters. The van der Waals surface area contributed by atoms with Gasteiger partial charge in [-0.2, -0.15) is 5.26 Å². The van der Waals surface area contributed by atoms with Crippen LogP contribution in [0.1, 0.15) is 41.6 Å². The fraction of sp³-hybridized carbons (Fsp3) is 0.467. The number of rotatable bonds is 5. The minimum absolute atomic E-state index is 0.170. The predicted octanol–water partition coefficient (Wildman–Crippen LogP) is 2.10. The Morgan fingerprint density at radius 1 is 1.46 bits per heavy atom. The zero-order chi connectivity index (χ0) is 17.1. The van der Waals surface area contributed by atoms with Crippen LogP contribution in [0.2, 0.25) is 0 Å². The monoisotopic (exact) mass is 362 g/mol. The summed E-state index contributed by atoms with van der Waals surface area (Å²) >= 11 is 2.76. The summed E-state index contributed by atoms with van der Waals surface area (Å²) in [6.07, 6.45) is 4.86. The number of nitrogens with one attached hydrogen (secondary N) is 1. The van der Waals surface area contributed by atoms with Crippen molar-refractivity contribution in [3.05, 3.63) is 21.8 Å². The quantitative estimate of drug-likeness (QED) is 0.622. The first-order chi connectivity index (χ1) is 11.6. The summed E-state index contributed by atoms with van der Waals surface area (Å²) in [6.45, 7) is 1.94. The van der Waals surface area contributed by atoms with Crippen LogP contribution in [0.5, 0.6) is 0 Å². The molecule has 1 aliphatic rings. The fourth-order valence-corrected chi connectivity index (χ4v) is 4.64. The maximum atomic E-state index is 12.2. The van der Waals surface area contributed by atoms with Crippen LogP contribution in [-0.2, 0) is 24.1 Å². The van der Waals surface area contributed by atoms with Gasteiger partial charge in [0.05, 0.1) is 11.3 Å². The summed E-state index contributed by atoms with van der Waals surface area (Å²) in [5.41, 5.74) is 1.74. The van der Waals surface area contributed by atoms with E-state index in [4.69, 9.17) is 5.84 Å². The third-order valence-electron chi connectivity index (χ3n) is 3.92. The summed E-state index contributed by atoms with van der Waals surface area (Å²) in [5.74, 6) is 6.54. The minimum Gasteiger partial charge on any atom is -0.336 e. The van der Waals surface area contributed by atoms with Gasteiger partial charge in [0.15, 0.2) is 5.82 Å². The van der Waals surface area contributed by atoms with Crippen LogP contribution in [0.4, 0.5) is 5.00 Å². The zero-order valence-corrected chi connectivity index (χ0v) is 15.0. The number of anilines is 1. The van der Waals surface area contributed by atoms with E-state index in [9.17, 15) is 10.1 Å². The molecule has 0 fully saturated rings. The van der Waals surface area contributed by atoms with Gasteiger partial charge in [-0.25, -0.2) is 4.68 Å². The maximum Gasteiger partial charge on any atom is 0.235 e. The molecule has 2 aromatic heterocycles. The van der Waals surface area contributed by atoms with Crippen LogP contribution >= 0.6 is 23.1 Å². The molecule has 0 unspecified atom stereocenters. The Hall–Kier alpha value is -2.05. The van der Waals surface area contributed by atoms with Crippen LogP contribution in [0.25, 0.3) is 0 Å². The van der Waals surface area contributed by atoms with E-state index in [1.165, 1.54) is 32.7 Å². The number of nitrogens with two attached hydrogens (primary N) is 1. The van der Waals surface area contributed by atoms with Crippen LogP contribution in [0.3, 0.4) is 0 Å². The average Bonchev–Trinajstić information content (AvgIpc) is 3.12. The molecule has 3 N–H and O–H groups in total. The number of nitriles is 1. The second-order valence-corrected chi connectivity index (χ2v) is 7.53. The number of hydrogen-bond donors (Lipinski definition) is 2. The van der Waals surface area contributed by atoms with Crippen molar-refractivity contribution in [3.8, 4) is 6.07 Å². The Bertz CT molecular complexity index is 804. The number of nitrogen functional groups attached to an aromatic ring is 1. The topological polar surface area (TPSA) is 110 Å². The lowest BCUT2D eigenvalue weighted by Gasteiger charge is -2.09. The molecule has 0 radical (unpaired) electrons. The molecule has 2 aromatic rings. The van der Waals surface area contributed by atoms with E-state index in [0.717, 1.165) is 31.2 Å². The lowest BCUT2D eigenvalue weighted by molar-refractivity contribution is -0.113. The Balaban J connectivity index is 1.66. The van der Waals surface area contributed by atoms with Crippen molar-refractivity contribution in [2.75, 3.05) is 16.9 Å². The smallest absolute Gasteiger partial charge is 0.235 e. The largest absolute Gasteiger partial charge is 0.336 e. The molecule has 0 spiro atoms. The molecule has 7 nitrogen and oxygen atoms in total. The van der Waals surface area contributed by atoms with Gasteiger partial charge in [-0.3, -0.25) is 4.79 Å². The summed E-state index contributed by atoms with van der Waals surface area (Å²) in [4.78, 5) is 13.5. The fourth-order valence-electron chi connectivity index (χ4n) is 2.71. The van der Waals surface area contributed by atoms with Gasteiger partial charge in [0.25, 0.3) is 0 Å². The molecule has 0 aliphatic heterocycles. The van der Waals surface area contributed by atoms with Crippen LogP contribution in [0.15, 0.2) is 5.16 Å². The summed E-state index contributed by atoms with van der Waals surface area (Å²) in [6, 6.07) is 2.25. The van der Waals surface area contributed by atoms with Crippen molar-refractivity contribution < 1.29 is 4.79 Å². The van der Waals surface area contributed by atoms with E-state index in [1.54, 1.807) is 0 Å². The molecule has 0 aromatic carbocycles. The SMILES string of the molecule is CCc1nnc(SCC(=O)Nc2sc3c(c2C#N)CCCC3)n1N. The van der Waals surface area contributed by atoms with Crippen molar-refractivity contribution in [2.45, 2.75) is 44.2 Å². The number of carbonyl (C=O) groups is 1. The van der Waals surface area contributed by atoms with Gasteiger partial charge in [-0.1, -0.05) is 18.7 Å². The number of aryl methyl sites for hydroxylation is 2. The van der Waals surface area contributed by atoms with Crippen molar-refractivity contribution in [2.24, 2.45) is 0 Å². The number of amides is 1. The van der Waals surface area contributed by atoms with E-state index >= 15 is 0 Å².